The van der Waals surface area contributed by atoms with E-state index in [0.29, 0.717) is 19.5 Å². The first-order valence-electron chi connectivity index (χ1n) is 8.05. The molecule has 1 aromatic heterocycles. The van der Waals surface area contributed by atoms with Crippen LogP contribution in [0.2, 0.25) is 0 Å². The molecule has 1 aromatic rings. The predicted molar refractivity (Wildman–Crippen MR) is 82.4 cm³/mol. The molecule has 2 fully saturated rings. The maximum atomic E-state index is 12.5. The summed E-state index contributed by atoms with van der Waals surface area (Å²) in [5.74, 6) is 0.0856. The van der Waals surface area contributed by atoms with Crippen LogP contribution in [0.4, 0.5) is 18.0 Å². The summed E-state index contributed by atoms with van der Waals surface area (Å²) in [7, 11) is 0. The van der Waals surface area contributed by atoms with Gasteiger partial charge in [0.05, 0.1) is 12.1 Å². The fourth-order valence-corrected chi connectivity index (χ4v) is 4.28. The monoisotopic (exact) mass is 363 g/mol. The predicted octanol–water partition coefficient (Wildman–Crippen LogP) is 3.00. The number of halogens is 3. The summed E-state index contributed by atoms with van der Waals surface area (Å²) in [4.78, 5) is 17.4. The smallest absolute Gasteiger partial charge is 0.389 e. The normalized spacial score (nSPS) is 27.7. The van der Waals surface area contributed by atoms with E-state index in [1.807, 2.05) is 0 Å². The number of nitrogens with one attached hydrogen (secondary N) is 1. The molecular weight excluding hydrogens is 343 g/mol. The van der Waals surface area contributed by atoms with Gasteiger partial charge < -0.3 is 15.3 Å². The summed E-state index contributed by atoms with van der Waals surface area (Å²) >= 11 is 0.878. The molecule has 0 spiro atoms. The van der Waals surface area contributed by atoms with Crippen molar-refractivity contribution in [2.75, 3.05) is 13.1 Å². The Hall–Kier alpha value is -1.35. The second-order valence-corrected chi connectivity index (χ2v) is 7.47. The van der Waals surface area contributed by atoms with Crippen molar-refractivity contribution in [3.63, 3.8) is 0 Å². The van der Waals surface area contributed by atoms with Crippen molar-refractivity contribution >= 4 is 17.4 Å². The van der Waals surface area contributed by atoms with E-state index >= 15 is 0 Å². The fourth-order valence-electron chi connectivity index (χ4n) is 3.54. The van der Waals surface area contributed by atoms with Gasteiger partial charge in [-0.05, 0) is 19.3 Å². The first-order valence-corrected chi connectivity index (χ1v) is 8.93. The second-order valence-electron chi connectivity index (χ2n) is 6.53. The molecular formula is C15H20F3N3O2S. The summed E-state index contributed by atoms with van der Waals surface area (Å²) < 4.78 is 37.5. The molecule has 1 aliphatic heterocycles. The molecule has 5 nitrogen and oxygen atoms in total. The van der Waals surface area contributed by atoms with E-state index in [0.717, 1.165) is 42.4 Å². The van der Waals surface area contributed by atoms with Gasteiger partial charge in [-0.3, -0.25) is 0 Å². The van der Waals surface area contributed by atoms with E-state index in [2.05, 4.69) is 10.3 Å². The lowest BCUT2D eigenvalue weighted by Crippen LogP contribution is -2.56. The standard InChI is InChI=1S/C15H20F3N3O2S/c16-15(17,18)11-9-24-12(20-11)7-19-13(22)21-6-5-14(23)4-2-1-3-10(14)8-21/h9-10,23H,1-8H2,(H,19,22)/t10-,14-/m0/s1. The number of rotatable bonds is 2. The highest BCUT2D eigenvalue weighted by atomic mass is 32.1. The Morgan fingerprint density at radius 3 is 2.96 bits per heavy atom. The molecule has 9 heteroatoms. The van der Waals surface area contributed by atoms with Crippen LogP contribution in [0.15, 0.2) is 5.38 Å². The fraction of sp³-hybridized carbons (Fsp3) is 0.733. The van der Waals surface area contributed by atoms with Crippen LogP contribution in [0.3, 0.4) is 0 Å². The second kappa shape index (κ2) is 6.51. The topological polar surface area (TPSA) is 65.5 Å². The summed E-state index contributed by atoms with van der Waals surface area (Å²) in [5, 5.41) is 14.4. The minimum Gasteiger partial charge on any atom is -0.389 e. The Bertz CT molecular complexity index is 607. The van der Waals surface area contributed by atoms with Crippen molar-refractivity contribution in [2.45, 2.75) is 50.4 Å². The van der Waals surface area contributed by atoms with Gasteiger partial charge in [0.15, 0.2) is 5.69 Å². The van der Waals surface area contributed by atoms with Gasteiger partial charge in [-0.1, -0.05) is 12.8 Å². The van der Waals surface area contributed by atoms with Gasteiger partial charge in [0.25, 0.3) is 0 Å². The molecule has 0 bridgehead atoms. The number of hydrogen-bond acceptors (Lipinski definition) is 4. The molecule has 1 saturated carbocycles. The lowest BCUT2D eigenvalue weighted by atomic mass is 9.71. The number of fused-ring (bicyclic) bond motifs is 1. The highest BCUT2D eigenvalue weighted by molar-refractivity contribution is 7.09. The van der Waals surface area contributed by atoms with Crippen molar-refractivity contribution in [3.8, 4) is 0 Å². The molecule has 1 saturated heterocycles. The van der Waals surface area contributed by atoms with Gasteiger partial charge in [-0.25, -0.2) is 9.78 Å². The lowest BCUT2D eigenvalue weighted by Gasteiger charge is -2.47. The number of aliphatic hydroxyl groups is 1. The van der Waals surface area contributed by atoms with Crippen LogP contribution in [-0.2, 0) is 12.7 Å². The Labute approximate surface area is 141 Å². The number of amides is 2. The van der Waals surface area contributed by atoms with Crippen molar-refractivity contribution in [1.82, 2.24) is 15.2 Å². The molecule has 3 rings (SSSR count). The summed E-state index contributed by atoms with van der Waals surface area (Å²) in [6.45, 7) is 0.934. The molecule has 2 atom stereocenters. The maximum absolute atomic E-state index is 12.5. The van der Waals surface area contributed by atoms with Crippen LogP contribution in [0.5, 0.6) is 0 Å². The zero-order valence-corrected chi connectivity index (χ0v) is 13.9. The van der Waals surface area contributed by atoms with Gasteiger partial charge in [0.2, 0.25) is 0 Å². The molecule has 2 N–H and O–H groups in total. The largest absolute Gasteiger partial charge is 0.434 e. The Balaban J connectivity index is 1.53. The average Bonchev–Trinajstić information content (AvgIpc) is 3.01. The van der Waals surface area contributed by atoms with Crippen LogP contribution in [0.25, 0.3) is 0 Å². The quantitative estimate of drug-likeness (QED) is 0.849. The molecule has 1 aliphatic carbocycles. The number of nitrogens with zero attached hydrogens (tertiary/aromatic N) is 2. The summed E-state index contributed by atoms with van der Waals surface area (Å²) in [6, 6.07) is -0.314. The van der Waals surface area contributed by atoms with E-state index in [9.17, 15) is 23.1 Å². The number of urea groups is 1. The van der Waals surface area contributed by atoms with Crippen molar-refractivity contribution in [3.05, 3.63) is 16.1 Å². The van der Waals surface area contributed by atoms with E-state index in [1.54, 1.807) is 4.90 Å². The highest BCUT2D eigenvalue weighted by Crippen LogP contribution is 2.39. The lowest BCUT2D eigenvalue weighted by molar-refractivity contribution is -0.140. The molecule has 2 heterocycles. The van der Waals surface area contributed by atoms with Gasteiger partial charge in [-0.15, -0.1) is 11.3 Å². The number of likely N-dealkylation sites (tertiary alicyclic amines) is 1. The molecule has 2 amide bonds. The number of alkyl halides is 3. The van der Waals surface area contributed by atoms with Crippen molar-refractivity contribution in [1.29, 1.82) is 0 Å². The van der Waals surface area contributed by atoms with E-state index in [4.69, 9.17) is 0 Å². The third-order valence-corrected chi connectivity index (χ3v) is 5.80. The number of piperidine rings is 1. The van der Waals surface area contributed by atoms with Crippen LogP contribution in [0, 0.1) is 5.92 Å². The van der Waals surface area contributed by atoms with Gasteiger partial charge in [0, 0.05) is 24.4 Å². The molecule has 134 valence electrons. The van der Waals surface area contributed by atoms with Crippen LogP contribution >= 0.6 is 11.3 Å². The van der Waals surface area contributed by atoms with Gasteiger partial charge in [0.1, 0.15) is 5.01 Å². The minimum atomic E-state index is -4.46. The SMILES string of the molecule is O=C(NCc1nc(C(F)(F)F)cs1)N1CC[C@@]2(O)CCCC[C@H]2C1. The molecule has 0 radical (unpaired) electrons. The van der Waals surface area contributed by atoms with Crippen LogP contribution in [0.1, 0.15) is 42.8 Å². The zero-order valence-electron chi connectivity index (χ0n) is 13.1. The number of hydrogen-bond donors (Lipinski definition) is 2. The number of carbonyl (C=O) groups excluding carboxylic acids is 1. The Morgan fingerprint density at radius 2 is 2.25 bits per heavy atom. The third kappa shape index (κ3) is 3.66. The summed E-state index contributed by atoms with van der Waals surface area (Å²) in [5.41, 5.74) is -1.59. The molecule has 0 aromatic carbocycles. The highest BCUT2D eigenvalue weighted by Gasteiger charge is 2.43. The first-order chi connectivity index (χ1) is 11.3. The summed E-state index contributed by atoms with van der Waals surface area (Å²) in [6.07, 6.45) is -0.141. The number of thiazole rings is 1. The zero-order chi connectivity index (χ0) is 17.4. The maximum Gasteiger partial charge on any atom is 0.434 e. The van der Waals surface area contributed by atoms with Crippen LogP contribution < -0.4 is 5.32 Å². The van der Waals surface area contributed by atoms with Gasteiger partial charge in [-0.2, -0.15) is 13.2 Å². The van der Waals surface area contributed by atoms with Crippen molar-refractivity contribution < 1.29 is 23.1 Å². The minimum absolute atomic E-state index is 0.0228. The van der Waals surface area contributed by atoms with Crippen molar-refractivity contribution in [2.24, 2.45) is 5.92 Å². The van der Waals surface area contributed by atoms with E-state index in [-0.39, 0.29) is 23.5 Å². The molecule has 2 aliphatic rings. The number of aromatic nitrogens is 1. The van der Waals surface area contributed by atoms with E-state index < -0.39 is 17.5 Å². The average molecular weight is 363 g/mol. The third-order valence-electron chi connectivity index (χ3n) is 4.95. The molecule has 0 unspecified atom stereocenters. The molecule has 24 heavy (non-hydrogen) atoms. The number of carbonyl (C=O) groups is 1. The Morgan fingerprint density at radius 1 is 1.46 bits per heavy atom. The first kappa shape index (κ1) is 17.5. The Kier molecular flexibility index (Phi) is 4.74. The van der Waals surface area contributed by atoms with E-state index in [1.165, 1.54) is 0 Å². The van der Waals surface area contributed by atoms with Gasteiger partial charge >= 0.3 is 12.2 Å². The van der Waals surface area contributed by atoms with Crippen LogP contribution in [-0.4, -0.2) is 39.7 Å².